The monoisotopic (exact) mass is 220 g/mol. The minimum Gasteiger partial charge on any atom is -0.504 e. The van der Waals surface area contributed by atoms with E-state index in [1.165, 1.54) is 7.11 Å². The summed E-state index contributed by atoms with van der Waals surface area (Å²) in [6.45, 7) is 3.65. The zero-order valence-electron chi connectivity index (χ0n) is 9.53. The van der Waals surface area contributed by atoms with E-state index >= 15 is 0 Å². The Labute approximate surface area is 95.3 Å². The predicted octanol–water partition coefficient (Wildman–Crippen LogP) is 1.68. The number of rotatable bonds is 5. The molecule has 0 aliphatic carbocycles. The molecule has 2 N–H and O–H groups in total. The third kappa shape index (κ3) is 2.76. The van der Waals surface area contributed by atoms with Crippen LogP contribution in [0.5, 0.6) is 11.5 Å². The number of hydrogen-bond acceptors (Lipinski definition) is 4. The summed E-state index contributed by atoms with van der Waals surface area (Å²) in [6, 6.07) is 3.57. The average Bonchev–Trinajstić information content (AvgIpc) is 2.30. The van der Waals surface area contributed by atoms with E-state index in [0.717, 1.165) is 11.1 Å². The fourth-order valence-electron chi connectivity index (χ4n) is 1.37. The largest absolute Gasteiger partial charge is 0.504 e. The second-order valence-electron chi connectivity index (χ2n) is 3.21. The highest BCUT2D eigenvalue weighted by molar-refractivity contribution is 5.81. The smallest absolute Gasteiger partial charge is 0.161 e. The maximum absolute atomic E-state index is 9.84. The minimum absolute atomic E-state index is 0.156. The number of hydrazone groups is 1. The number of nitrogens with one attached hydrogen (secondary N) is 1. The summed E-state index contributed by atoms with van der Waals surface area (Å²) in [5.74, 6) is 0.598. The number of hydrogen-bond donors (Lipinski definition) is 2. The van der Waals surface area contributed by atoms with E-state index in [1.807, 2.05) is 6.07 Å². The molecule has 0 aromatic heterocycles. The van der Waals surface area contributed by atoms with Gasteiger partial charge in [0.05, 0.1) is 13.3 Å². The maximum Gasteiger partial charge on any atom is 0.161 e. The van der Waals surface area contributed by atoms with Gasteiger partial charge in [-0.15, -0.1) is 6.58 Å². The van der Waals surface area contributed by atoms with E-state index in [2.05, 4.69) is 17.1 Å². The first-order valence-electron chi connectivity index (χ1n) is 4.93. The molecule has 0 saturated heterocycles. The van der Waals surface area contributed by atoms with E-state index < -0.39 is 0 Å². The standard InChI is InChI=1S/C12H16N2O2/c1-4-5-10-6-9(8-14-13-2)7-11(16-3)12(10)15/h4,6-8,13,15H,1,5H2,2-3H3. The molecule has 0 bridgehead atoms. The first kappa shape index (κ1) is 12.1. The Bertz CT molecular complexity index is 400. The van der Waals surface area contributed by atoms with Crippen LogP contribution in [0.1, 0.15) is 11.1 Å². The van der Waals surface area contributed by atoms with Crippen molar-refractivity contribution in [3.63, 3.8) is 0 Å². The molecule has 16 heavy (non-hydrogen) atoms. The first-order valence-corrected chi connectivity index (χ1v) is 4.93. The lowest BCUT2D eigenvalue weighted by Gasteiger charge is -2.09. The molecular formula is C12H16N2O2. The molecule has 0 unspecified atom stereocenters. The van der Waals surface area contributed by atoms with Gasteiger partial charge >= 0.3 is 0 Å². The van der Waals surface area contributed by atoms with Gasteiger partial charge in [-0.3, -0.25) is 0 Å². The molecule has 0 saturated carbocycles. The summed E-state index contributed by atoms with van der Waals surface area (Å²) in [4.78, 5) is 0. The lowest BCUT2D eigenvalue weighted by atomic mass is 10.1. The summed E-state index contributed by atoms with van der Waals surface area (Å²) < 4.78 is 5.09. The van der Waals surface area contributed by atoms with Gasteiger partial charge < -0.3 is 15.3 Å². The van der Waals surface area contributed by atoms with Crippen molar-refractivity contribution in [3.05, 3.63) is 35.9 Å². The van der Waals surface area contributed by atoms with Gasteiger partial charge in [0.25, 0.3) is 0 Å². The molecule has 0 heterocycles. The Morgan fingerprint density at radius 1 is 1.56 bits per heavy atom. The summed E-state index contributed by atoms with van der Waals surface area (Å²) in [7, 11) is 3.24. The molecule has 0 amide bonds. The van der Waals surface area contributed by atoms with Gasteiger partial charge in [0.2, 0.25) is 0 Å². The third-order valence-electron chi connectivity index (χ3n) is 2.10. The molecule has 1 aromatic rings. The Hall–Kier alpha value is -1.97. The molecule has 1 rings (SSSR count). The Balaban J connectivity index is 3.16. The van der Waals surface area contributed by atoms with Crippen molar-refractivity contribution in [2.45, 2.75) is 6.42 Å². The van der Waals surface area contributed by atoms with Crippen molar-refractivity contribution >= 4 is 6.21 Å². The number of ether oxygens (including phenoxy) is 1. The van der Waals surface area contributed by atoms with E-state index in [-0.39, 0.29) is 5.75 Å². The van der Waals surface area contributed by atoms with Crippen LogP contribution in [0.15, 0.2) is 29.9 Å². The minimum atomic E-state index is 0.156. The highest BCUT2D eigenvalue weighted by Crippen LogP contribution is 2.31. The Morgan fingerprint density at radius 2 is 2.31 bits per heavy atom. The van der Waals surface area contributed by atoms with Crippen molar-refractivity contribution in [1.29, 1.82) is 0 Å². The van der Waals surface area contributed by atoms with Crippen molar-refractivity contribution in [3.8, 4) is 11.5 Å². The molecule has 4 nitrogen and oxygen atoms in total. The number of benzene rings is 1. The molecule has 86 valence electrons. The zero-order valence-corrected chi connectivity index (χ0v) is 9.53. The lowest BCUT2D eigenvalue weighted by molar-refractivity contribution is 0.371. The van der Waals surface area contributed by atoms with Crippen LogP contribution in [-0.4, -0.2) is 25.5 Å². The molecule has 0 atom stereocenters. The van der Waals surface area contributed by atoms with Gasteiger partial charge in [-0.1, -0.05) is 6.08 Å². The average molecular weight is 220 g/mol. The van der Waals surface area contributed by atoms with E-state index in [1.54, 1.807) is 25.4 Å². The van der Waals surface area contributed by atoms with Crippen molar-refractivity contribution in [1.82, 2.24) is 5.43 Å². The fourth-order valence-corrected chi connectivity index (χ4v) is 1.37. The first-order chi connectivity index (χ1) is 7.72. The number of methoxy groups -OCH3 is 1. The number of aromatic hydroxyl groups is 1. The summed E-state index contributed by atoms with van der Waals surface area (Å²) in [5.41, 5.74) is 4.30. The van der Waals surface area contributed by atoms with Crippen LogP contribution in [0.25, 0.3) is 0 Å². The number of allylic oxidation sites excluding steroid dienone is 1. The predicted molar refractivity (Wildman–Crippen MR) is 65.2 cm³/mol. The van der Waals surface area contributed by atoms with Gasteiger partial charge in [0.1, 0.15) is 0 Å². The third-order valence-corrected chi connectivity index (χ3v) is 2.10. The second-order valence-corrected chi connectivity index (χ2v) is 3.21. The Morgan fingerprint density at radius 3 is 2.88 bits per heavy atom. The van der Waals surface area contributed by atoms with Crippen LogP contribution in [0, 0.1) is 0 Å². The number of nitrogens with zero attached hydrogens (tertiary/aromatic N) is 1. The van der Waals surface area contributed by atoms with Crippen LogP contribution >= 0.6 is 0 Å². The van der Waals surface area contributed by atoms with E-state index in [4.69, 9.17) is 4.74 Å². The molecule has 0 radical (unpaired) electrons. The lowest BCUT2D eigenvalue weighted by Crippen LogP contribution is -1.97. The van der Waals surface area contributed by atoms with Gasteiger partial charge in [0.15, 0.2) is 11.5 Å². The molecular weight excluding hydrogens is 204 g/mol. The van der Waals surface area contributed by atoms with Crippen LogP contribution < -0.4 is 10.2 Å². The Kier molecular flexibility index (Phi) is 4.39. The molecule has 0 aliphatic heterocycles. The van der Waals surface area contributed by atoms with Gasteiger partial charge in [-0.25, -0.2) is 0 Å². The SMILES string of the molecule is C=CCc1cc(C=NNC)cc(OC)c1O. The summed E-state index contributed by atoms with van der Waals surface area (Å²) in [5, 5.41) is 13.7. The van der Waals surface area contributed by atoms with Crippen LogP contribution in [0.2, 0.25) is 0 Å². The van der Waals surface area contributed by atoms with Gasteiger partial charge in [-0.2, -0.15) is 5.10 Å². The van der Waals surface area contributed by atoms with Gasteiger partial charge in [0, 0.05) is 12.6 Å². The van der Waals surface area contributed by atoms with Crippen molar-refractivity contribution in [2.24, 2.45) is 5.10 Å². The zero-order chi connectivity index (χ0) is 12.0. The van der Waals surface area contributed by atoms with E-state index in [9.17, 15) is 5.11 Å². The molecule has 0 spiro atoms. The van der Waals surface area contributed by atoms with Crippen LogP contribution in [-0.2, 0) is 6.42 Å². The van der Waals surface area contributed by atoms with Gasteiger partial charge in [-0.05, 0) is 24.1 Å². The molecule has 0 aliphatic rings. The maximum atomic E-state index is 9.84. The normalized spacial score (nSPS) is 10.4. The quantitative estimate of drug-likeness (QED) is 0.451. The highest BCUT2D eigenvalue weighted by atomic mass is 16.5. The molecule has 0 fully saturated rings. The summed E-state index contributed by atoms with van der Waals surface area (Å²) in [6.07, 6.45) is 3.98. The second kappa shape index (κ2) is 5.80. The molecule has 4 heteroatoms. The van der Waals surface area contributed by atoms with Crippen LogP contribution in [0.4, 0.5) is 0 Å². The number of phenolic OH excluding ortho intramolecular Hbond substituents is 1. The fraction of sp³-hybridized carbons (Fsp3) is 0.250. The number of phenols is 1. The van der Waals surface area contributed by atoms with E-state index in [0.29, 0.717) is 12.2 Å². The summed E-state index contributed by atoms with van der Waals surface area (Å²) >= 11 is 0. The van der Waals surface area contributed by atoms with Crippen molar-refractivity contribution in [2.75, 3.05) is 14.2 Å². The highest BCUT2D eigenvalue weighted by Gasteiger charge is 2.08. The van der Waals surface area contributed by atoms with Crippen molar-refractivity contribution < 1.29 is 9.84 Å². The van der Waals surface area contributed by atoms with Crippen LogP contribution in [0.3, 0.4) is 0 Å². The topological polar surface area (TPSA) is 53.9 Å². The molecule has 1 aromatic carbocycles.